The minimum absolute atomic E-state index is 0.0906. The van der Waals surface area contributed by atoms with Gasteiger partial charge in [0.2, 0.25) is 0 Å². The lowest BCUT2D eigenvalue weighted by atomic mass is 9.87. The molecule has 3 aromatic carbocycles. The zero-order chi connectivity index (χ0) is 22.6. The van der Waals surface area contributed by atoms with Crippen LogP contribution in [0.15, 0.2) is 77.7 Å². The highest BCUT2D eigenvalue weighted by atomic mass is 35.5. The fourth-order valence-electron chi connectivity index (χ4n) is 3.01. The smallest absolute Gasteiger partial charge is 0.261 e. The maximum Gasteiger partial charge on any atom is 0.261 e. The number of anilines is 1. The Morgan fingerprint density at radius 2 is 1.58 bits per heavy atom. The number of rotatable bonds is 6. The van der Waals surface area contributed by atoms with E-state index in [-0.39, 0.29) is 21.6 Å². The van der Waals surface area contributed by atoms with Gasteiger partial charge in [-0.2, -0.15) is 0 Å². The van der Waals surface area contributed by atoms with E-state index < -0.39 is 15.9 Å². The van der Waals surface area contributed by atoms with Crippen molar-refractivity contribution >= 4 is 33.2 Å². The van der Waals surface area contributed by atoms with Crippen LogP contribution in [-0.2, 0) is 22.0 Å². The lowest BCUT2D eigenvalue weighted by Gasteiger charge is -2.19. The molecule has 162 valence electrons. The van der Waals surface area contributed by atoms with Crippen LogP contribution in [0.25, 0.3) is 0 Å². The van der Waals surface area contributed by atoms with Crippen molar-refractivity contribution in [2.45, 2.75) is 37.6 Å². The van der Waals surface area contributed by atoms with Gasteiger partial charge in [-0.05, 0) is 46.9 Å². The van der Waals surface area contributed by atoms with Crippen LogP contribution in [0.3, 0.4) is 0 Å². The van der Waals surface area contributed by atoms with E-state index in [0.717, 1.165) is 11.1 Å². The molecule has 0 aliphatic heterocycles. The van der Waals surface area contributed by atoms with Crippen LogP contribution >= 0.6 is 11.6 Å². The maximum absolute atomic E-state index is 12.9. The second kappa shape index (κ2) is 9.12. The summed E-state index contributed by atoms with van der Waals surface area (Å²) in [6, 6.07) is 20.6. The maximum atomic E-state index is 12.9. The SMILES string of the molecule is CC(C)(C)c1ccc(S(=O)(=O)Nc2cc(Cl)ccc2C(=O)NCc2ccccc2)cc1. The number of hydrogen-bond donors (Lipinski definition) is 2. The van der Waals surface area contributed by atoms with E-state index in [0.29, 0.717) is 11.6 Å². The normalized spacial score (nSPS) is 11.7. The molecule has 0 bridgehead atoms. The molecule has 7 heteroatoms. The Morgan fingerprint density at radius 1 is 0.935 bits per heavy atom. The molecule has 31 heavy (non-hydrogen) atoms. The van der Waals surface area contributed by atoms with Gasteiger partial charge in [-0.1, -0.05) is 74.8 Å². The van der Waals surface area contributed by atoms with Gasteiger partial charge in [0, 0.05) is 11.6 Å². The van der Waals surface area contributed by atoms with Crippen molar-refractivity contribution in [1.29, 1.82) is 0 Å². The highest BCUT2D eigenvalue weighted by Crippen LogP contribution is 2.27. The van der Waals surface area contributed by atoms with Crippen molar-refractivity contribution in [3.63, 3.8) is 0 Å². The zero-order valence-electron chi connectivity index (χ0n) is 17.6. The van der Waals surface area contributed by atoms with Crippen LogP contribution in [0.4, 0.5) is 5.69 Å². The van der Waals surface area contributed by atoms with Crippen LogP contribution in [0.5, 0.6) is 0 Å². The van der Waals surface area contributed by atoms with E-state index in [1.807, 2.05) is 30.3 Å². The van der Waals surface area contributed by atoms with E-state index >= 15 is 0 Å². The molecule has 1 amide bonds. The molecule has 0 fully saturated rings. The predicted molar refractivity (Wildman–Crippen MR) is 125 cm³/mol. The average Bonchev–Trinajstić information content (AvgIpc) is 2.72. The first kappa shape index (κ1) is 22.8. The lowest BCUT2D eigenvalue weighted by Crippen LogP contribution is -2.25. The molecule has 0 radical (unpaired) electrons. The van der Waals surface area contributed by atoms with Gasteiger partial charge in [0.1, 0.15) is 0 Å². The molecule has 0 saturated heterocycles. The minimum atomic E-state index is -3.90. The van der Waals surface area contributed by atoms with Crippen LogP contribution in [0.2, 0.25) is 5.02 Å². The number of amides is 1. The fraction of sp³-hybridized carbons (Fsp3) is 0.208. The third-order valence-electron chi connectivity index (χ3n) is 4.80. The van der Waals surface area contributed by atoms with Crippen LogP contribution in [0.1, 0.15) is 42.3 Å². The summed E-state index contributed by atoms with van der Waals surface area (Å²) in [5, 5.41) is 3.13. The first-order valence-electron chi connectivity index (χ1n) is 9.81. The molecule has 0 spiro atoms. The van der Waals surface area contributed by atoms with E-state index in [2.05, 4.69) is 30.8 Å². The highest BCUT2D eigenvalue weighted by molar-refractivity contribution is 7.92. The van der Waals surface area contributed by atoms with Crippen molar-refractivity contribution in [2.24, 2.45) is 0 Å². The summed E-state index contributed by atoms with van der Waals surface area (Å²) in [5.41, 5.74) is 2.18. The number of hydrogen-bond acceptors (Lipinski definition) is 3. The minimum Gasteiger partial charge on any atom is -0.348 e. The molecule has 0 unspecified atom stereocenters. The first-order valence-corrected chi connectivity index (χ1v) is 11.7. The topological polar surface area (TPSA) is 75.3 Å². The second-order valence-corrected chi connectivity index (χ2v) is 10.4. The Bertz CT molecular complexity index is 1170. The summed E-state index contributed by atoms with van der Waals surface area (Å²) >= 11 is 6.07. The fourth-order valence-corrected chi connectivity index (χ4v) is 4.25. The molecular formula is C24H25ClN2O3S. The molecule has 0 saturated carbocycles. The van der Waals surface area contributed by atoms with E-state index in [9.17, 15) is 13.2 Å². The van der Waals surface area contributed by atoms with Crippen molar-refractivity contribution in [2.75, 3.05) is 4.72 Å². The summed E-state index contributed by atoms with van der Waals surface area (Å²) in [5.74, 6) is -0.402. The van der Waals surface area contributed by atoms with Crippen molar-refractivity contribution in [1.82, 2.24) is 5.32 Å². The summed E-state index contributed by atoms with van der Waals surface area (Å²) in [6.07, 6.45) is 0. The van der Waals surface area contributed by atoms with Crippen LogP contribution in [0, 0.1) is 0 Å². The molecule has 2 N–H and O–H groups in total. The number of benzene rings is 3. The third kappa shape index (κ3) is 5.87. The van der Waals surface area contributed by atoms with Crippen LogP contribution in [-0.4, -0.2) is 14.3 Å². The largest absolute Gasteiger partial charge is 0.348 e. The quantitative estimate of drug-likeness (QED) is 0.523. The molecule has 0 aliphatic carbocycles. The van der Waals surface area contributed by atoms with Crippen molar-refractivity contribution < 1.29 is 13.2 Å². The first-order chi connectivity index (χ1) is 14.6. The summed E-state index contributed by atoms with van der Waals surface area (Å²) < 4.78 is 28.4. The van der Waals surface area contributed by atoms with Crippen molar-refractivity contribution in [3.8, 4) is 0 Å². The number of nitrogens with one attached hydrogen (secondary N) is 2. The third-order valence-corrected chi connectivity index (χ3v) is 6.41. The predicted octanol–water partition coefficient (Wildman–Crippen LogP) is 5.37. The van der Waals surface area contributed by atoms with Gasteiger partial charge in [0.05, 0.1) is 16.1 Å². The van der Waals surface area contributed by atoms with Gasteiger partial charge in [0.25, 0.3) is 15.9 Å². The zero-order valence-corrected chi connectivity index (χ0v) is 19.2. The molecule has 0 heterocycles. The molecule has 0 aliphatic rings. The Labute approximate surface area is 188 Å². The monoisotopic (exact) mass is 456 g/mol. The average molecular weight is 457 g/mol. The standard InChI is InChI=1S/C24H25ClN2O3S/c1-24(2,3)18-9-12-20(13-10-18)31(29,30)27-22-15-19(25)11-14-21(22)23(28)26-16-17-7-5-4-6-8-17/h4-15,27H,16H2,1-3H3,(H,26,28). The molecule has 5 nitrogen and oxygen atoms in total. The number of carbonyl (C=O) groups is 1. The van der Waals surface area contributed by atoms with Crippen LogP contribution < -0.4 is 10.0 Å². The van der Waals surface area contributed by atoms with Gasteiger partial charge < -0.3 is 5.32 Å². The van der Waals surface area contributed by atoms with Gasteiger partial charge >= 0.3 is 0 Å². The Hall–Kier alpha value is -2.83. The molecule has 3 rings (SSSR count). The highest BCUT2D eigenvalue weighted by Gasteiger charge is 2.21. The Kier molecular flexibility index (Phi) is 6.72. The van der Waals surface area contributed by atoms with E-state index in [1.54, 1.807) is 30.3 Å². The number of carbonyl (C=O) groups excluding carboxylic acids is 1. The van der Waals surface area contributed by atoms with Crippen molar-refractivity contribution in [3.05, 3.63) is 94.5 Å². The van der Waals surface area contributed by atoms with Gasteiger partial charge in [0.15, 0.2) is 0 Å². The molecule has 0 aromatic heterocycles. The molecular weight excluding hydrogens is 432 g/mol. The second-order valence-electron chi connectivity index (χ2n) is 8.24. The summed E-state index contributed by atoms with van der Waals surface area (Å²) in [4.78, 5) is 12.8. The molecule has 0 atom stereocenters. The van der Waals surface area contributed by atoms with Gasteiger partial charge in [-0.25, -0.2) is 8.42 Å². The van der Waals surface area contributed by atoms with Gasteiger partial charge in [-0.3, -0.25) is 9.52 Å². The van der Waals surface area contributed by atoms with Gasteiger partial charge in [-0.15, -0.1) is 0 Å². The number of sulfonamides is 1. The summed E-state index contributed by atoms with van der Waals surface area (Å²) in [7, 11) is -3.90. The summed E-state index contributed by atoms with van der Waals surface area (Å²) in [6.45, 7) is 6.49. The number of halogens is 1. The van der Waals surface area contributed by atoms with E-state index in [4.69, 9.17) is 11.6 Å². The Balaban J connectivity index is 1.83. The van der Waals surface area contributed by atoms with E-state index in [1.165, 1.54) is 12.1 Å². The lowest BCUT2D eigenvalue weighted by molar-refractivity contribution is 0.0952. The molecule has 3 aromatic rings. The Morgan fingerprint density at radius 3 is 2.19 bits per heavy atom.